The van der Waals surface area contributed by atoms with Crippen molar-refractivity contribution in [1.29, 1.82) is 0 Å². The van der Waals surface area contributed by atoms with Crippen LogP contribution in [0.25, 0.3) is 101 Å². The quantitative estimate of drug-likeness (QED) is 0.164. The molecule has 0 radical (unpaired) electrons. The molecule has 0 spiro atoms. The molecule has 0 unspecified atom stereocenters. The summed E-state index contributed by atoms with van der Waals surface area (Å²) in [5.74, 6) is 1.72. The predicted octanol–water partition coefficient (Wildman–Crippen LogP) is 8.40. The maximum absolute atomic E-state index is 5.26. The van der Waals surface area contributed by atoms with Crippen LogP contribution in [0.4, 0.5) is 0 Å². The summed E-state index contributed by atoms with van der Waals surface area (Å²) < 4.78 is 0. The second-order valence-corrected chi connectivity index (χ2v) is 11.3. The van der Waals surface area contributed by atoms with E-state index < -0.39 is 0 Å². The van der Waals surface area contributed by atoms with Crippen molar-refractivity contribution in [3.05, 3.63) is 127 Å². The van der Waals surface area contributed by atoms with Gasteiger partial charge in [-0.25, -0.2) is 9.97 Å². The van der Waals surface area contributed by atoms with Gasteiger partial charge in [-0.2, -0.15) is 0 Å². The largest absolute Gasteiger partial charge is 2.00 e. The Labute approximate surface area is 281 Å². The summed E-state index contributed by atoms with van der Waals surface area (Å²) in [6.07, 6.45) is 0. The Kier molecular flexibility index (Phi) is 6.20. The average molecular weight is 653 g/mol. The van der Waals surface area contributed by atoms with Crippen LogP contribution in [-0.2, 0) is 19.5 Å². The fraction of sp³-hybridized carbons (Fsp3) is 0. The first-order valence-electron chi connectivity index (χ1n) is 15.1. The molecule has 8 heteroatoms. The third kappa shape index (κ3) is 4.19. The standard InChI is InChI=1S/C39H21N7.Zn/c1-2-12-22(13-3-1)31-32-23-14-4-6-16-25(23)34(40-32)42-36-27-18-8-10-20-29(27)38(44-36)46-39-30-21-11-9-19-28(30)37(45-39)43-35-26-17-7-5-15-24(26)33(31)41-35;/h1-21H;/q-2;+2. The van der Waals surface area contributed by atoms with E-state index >= 15 is 0 Å². The minimum absolute atomic E-state index is 0. The van der Waals surface area contributed by atoms with Crippen LogP contribution in [0.5, 0.6) is 0 Å². The van der Waals surface area contributed by atoms with Gasteiger partial charge < -0.3 is 24.9 Å². The van der Waals surface area contributed by atoms with Gasteiger partial charge in [0.25, 0.3) is 0 Å². The first kappa shape index (κ1) is 27.5. The molecule has 0 saturated carbocycles. The first-order valence-corrected chi connectivity index (χ1v) is 15.1. The molecule has 3 aromatic heterocycles. The monoisotopic (exact) mass is 651 g/mol. The molecule has 0 aliphatic carbocycles. The van der Waals surface area contributed by atoms with Crippen LogP contribution < -0.4 is 9.97 Å². The number of fused-ring (bicyclic) bond motifs is 20. The molecule has 0 amide bonds. The van der Waals surface area contributed by atoms with Crippen molar-refractivity contribution >= 4 is 44.0 Å². The molecule has 7 nitrogen and oxygen atoms in total. The van der Waals surface area contributed by atoms with Crippen molar-refractivity contribution in [2.75, 3.05) is 0 Å². The third-order valence-electron chi connectivity index (χ3n) is 8.69. The van der Waals surface area contributed by atoms with E-state index in [-0.39, 0.29) is 19.5 Å². The van der Waals surface area contributed by atoms with Crippen LogP contribution in [0.2, 0.25) is 0 Å². The van der Waals surface area contributed by atoms with Crippen LogP contribution in [0.15, 0.2) is 127 Å². The molecule has 2 aliphatic heterocycles. The molecular weight excluding hydrogens is 632 g/mol. The Bertz CT molecular complexity index is 2710. The minimum atomic E-state index is 0. The van der Waals surface area contributed by atoms with Crippen LogP contribution in [0.1, 0.15) is 0 Å². The normalized spacial score (nSPS) is 11.7. The van der Waals surface area contributed by atoms with E-state index in [1.165, 1.54) is 0 Å². The van der Waals surface area contributed by atoms with Gasteiger partial charge in [0.05, 0.1) is 23.2 Å². The van der Waals surface area contributed by atoms with Crippen molar-refractivity contribution in [3.63, 3.8) is 0 Å². The summed E-state index contributed by atoms with van der Waals surface area (Å²) in [6, 6.07) is 42.8. The first-order chi connectivity index (χ1) is 22.8. The molecule has 8 aromatic rings. The molecule has 5 aromatic carbocycles. The number of benzene rings is 5. The van der Waals surface area contributed by atoms with Crippen LogP contribution >= 0.6 is 0 Å². The predicted molar refractivity (Wildman–Crippen MR) is 182 cm³/mol. The molecule has 10 rings (SSSR count). The number of aromatic nitrogens is 7. The zero-order valence-corrected chi connectivity index (χ0v) is 27.9. The van der Waals surface area contributed by atoms with E-state index in [9.17, 15) is 0 Å². The van der Waals surface area contributed by atoms with E-state index in [1.54, 1.807) is 0 Å². The van der Waals surface area contributed by atoms with Crippen LogP contribution in [0.3, 0.4) is 0 Å². The third-order valence-corrected chi connectivity index (χ3v) is 8.69. The summed E-state index contributed by atoms with van der Waals surface area (Å²) in [7, 11) is 0. The van der Waals surface area contributed by atoms with Gasteiger partial charge in [0.15, 0.2) is 0 Å². The van der Waals surface area contributed by atoms with Gasteiger partial charge in [-0.3, -0.25) is 0 Å². The summed E-state index contributed by atoms with van der Waals surface area (Å²) in [4.78, 5) is 35.7. The Morgan fingerprint density at radius 3 is 1.38 bits per heavy atom. The summed E-state index contributed by atoms with van der Waals surface area (Å²) >= 11 is 0. The maximum atomic E-state index is 5.26. The van der Waals surface area contributed by atoms with Gasteiger partial charge in [-0.05, 0) is 38.3 Å². The average Bonchev–Trinajstić information content (AvgIpc) is 3.85. The molecule has 2 aliphatic rings. The fourth-order valence-corrected chi connectivity index (χ4v) is 6.59. The summed E-state index contributed by atoms with van der Waals surface area (Å²) in [6.45, 7) is 0. The second kappa shape index (κ2) is 10.6. The molecule has 0 N–H and O–H groups in total. The van der Waals surface area contributed by atoms with E-state index in [2.05, 4.69) is 36.4 Å². The van der Waals surface area contributed by atoms with E-state index in [1.807, 2.05) is 91.0 Å². The second-order valence-electron chi connectivity index (χ2n) is 11.3. The number of rotatable bonds is 1. The van der Waals surface area contributed by atoms with Gasteiger partial charge in [0.1, 0.15) is 0 Å². The molecule has 5 heterocycles. The Balaban J connectivity index is 0.00000302. The van der Waals surface area contributed by atoms with Gasteiger partial charge in [-0.15, -0.1) is 0 Å². The number of hydrogen-bond donors (Lipinski definition) is 0. The zero-order chi connectivity index (χ0) is 30.2. The Morgan fingerprint density at radius 2 is 0.787 bits per heavy atom. The summed E-state index contributed by atoms with van der Waals surface area (Å²) in [5.41, 5.74) is 8.99. The van der Waals surface area contributed by atoms with Crippen molar-refractivity contribution in [1.82, 2.24) is 34.9 Å². The van der Waals surface area contributed by atoms with E-state index in [0.29, 0.717) is 34.4 Å². The number of hydrogen-bond acceptors (Lipinski definition) is 5. The van der Waals surface area contributed by atoms with Crippen LogP contribution in [-0.4, -0.2) is 24.9 Å². The maximum Gasteiger partial charge on any atom is 2.00 e. The zero-order valence-electron chi connectivity index (χ0n) is 25.0. The topological polar surface area (TPSA) is 92.7 Å². The van der Waals surface area contributed by atoms with Crippen molar-refractivity contribution in [3.8, 4) is 56.5 Å². The fourth-order valence-electron chi connectivity index (χ4n) is 6.59. The minimum Gasteiger partial charge on any atom is -0.435 e. The van der Waals surface area contributed by atoms with Crippen LogP contribution in [0, 0.1) is 0 Å². The molecule has 0 atom stereocenters. The number of nitrogens with zero attached hydrogens (tertiary/aromatic N) is 7. The van der Waals surface area contributed by atoms with Crippen molar-refractivity contribution in [2.24, 2.45) is 0 Å². The smallest absolute Gasteiger partial charge is 0.435 e. The molecule has 0 fully saturated rings. The molecule has 214 valence electrons. The van der Waals surface area contributed by atoms with Crippen molar-refractivity contribution < 1.29 is 19.5 Å². The molecule has 47 heavy (non-hydrogen) atoms. The Morgan fingerprint density at radius 1 is 0.362 bits per heavy atom. The molecule has 0 saturated heterocycles. The van der Waals surface area contributed by atoms with E-state index in [0.717, 1.165) is 66.1 Å². The van der Waals surface area contributed by atoms with Gasteiger partial charge >= 0.3 is 19.5 Å². The van der Waals surface area contributed by atoms with Gasteiger partial charge in [0, 0.05) is 39.1 Å². The van der Waals surface area contributed by atoms with Crippen molar-refractivity contribution in [2.45, 2.75) is 0 Å². The molecular formula is C39H21N7Zn. The van der Waals surface area contributed by atoms with Gasteiger partial charge in [-0.1, -0.05) is 127 Å². The summed E-state index contributed by atoms with van der Waals surface area (Å²) in [5, 5.41) is 3.73. The SMILES string of the molecule is [Zn+2].c1ccc(-c2c3nc(nc4[n-]c(nc5nc(nc6[n-]c2c2ccccc62)-c2ccccc2-5)c2ccccc42)-c2ccccc2-3)cc1. The Hall–Kier alpha value is -5.85. The molecule has 8 bridgehead atoms. The van der Waals surface area contributed by atoms with Gasteiger partial charge in [0.2, 0.25) is 0 Å². The van der Waals surface area contributed by atoms with E-state index in [4.69, 9.17) is 34.9 Å².